The fourth-order valence-corrected chi connectivity index (χ4v) is 9.49. The largest absolute Gasteiger partial charge is 0.466 e. The Bertz CT molecular complexity index is 2510. The van der Waals surface area contributed by atoms with Crippen LogP contribution in [0, 0.1) is 0 Å². The quantitative estimate of drug-likeness (QED) is 0.0490. The van der Waals surface area contributed by atoms with Crippen molar-refractivity contribution in [2.24, 2.45) is 0 Å². The van der Waals surface area contributed by atoms with Gasteiger partial charge in [-0.05, 0) is 79.2 Å². The second kappa shape index (κ2) is 22.3. The van der Waals surface area contributed by atoms with Gasteiger partial charge in [0.2, 0.25) is 0 Å². The summed E-state index contributed by atoms with van der Waals surface area (Å²) in [4.78, 5) is 25.8. The van der Waals surface area contributed by atoms with E-state index in [4.69, 9.17) is 33.9 Å². The standard InChI is InChI=1S/C26H36N4O4Si.C22H29BrN4O2Si/c1-5-34-25(31)17-20-6-7-23-22(16-20)26(28-30(23)19-33-14-15-35(2,3)4)21-8-9-27-24(18-21)29-10-12-32-13-11-29;1-30(2,3)13-12-29-16-27-20-5-4-18(23)15-19(20)22(25-27)17-6-7-24-21(14-17)26-8-10-28-11-9-26/h6-9,16,18H,5,10-15,17,19H2,1-4H3;4-7,14-15H,8-13,16H2,1-3H3. The molecule has 0 atom stereocenters. The molecule has 4 aromatic heterocycles. The van der Waals surface area contributed by atoms with Crippen molar-refractivity contribution in [1.82, 2.24) is 29.5 Å². The second-order valence-electron chi connectivity index (χ2n) is 18.9. The van der Waals surface area contributed by atoms with Gasteiger partial charge in [0, 0.05) is 94.3 Å². The smallest absolute Gasteiger partial charge is 0.310 e. The lowest BCUT2D eigenvalue weighted by Crippen LogP contribution is -2.36. The van der Waals surface area contributed by atoms with Gasteiger partial charge in [-0.2, -0.15) is 10.2 Å². The maximum absolute atomic E-state index is 12.1. The molecule has 0 unspecified atom stereocenters. The maximum atomic E-state index is 12.1. The minimum atomic E-state index is -1.17. The molecule has 0 aliphatic carbocycles. The summed E-state index contributed by atoms with van der Waals surface area (Å²) in [7, 11) is -2.28. The molecule has 2 fully saturated rings. The Kier molecular flexibility index (Phi) is 16.6. The molecule has 0 amide bonds. The van der Waals surface area contributed by atoms with Crippen LogP contribution in [0.1, 0.15) is 12.5 Å². The maximum Gasteiger partial charge on any atom is 0.310 e. The number of ether oxygens (including phenoxy) is 5. The molecule has 14 nitrogen and oxygen atoms in total. The van der Waals surface area contributed by atoms with Crippen molar-refractivity contribution >= 4 is 71.5 Å². The van der Waals surface area contributed by atoms with E-state index < -0.39 is 16.1 Å². The first-order chi connectivity index (χ1) is 31.2. The monoisotopic (exact) mass is 984 g/mol. The minimum absolute atomic E-state index is 0.228. The Morgan fingerprint density at radius 2 is 1.14 bits per heavy atom. The van der Waals surface area contributed by atoms with Crippen molar-refractivity contribution in [3.05, 3.63) is 83.1 Å². The second-order valence-corrected chi connectivity index (χ2v) is 31.0. The summed E-state index contributed by atoms with van der Waals surface area (Å²) in [6.45, 7) is 24.9. The molecule has 2 saturated heterocycles. The van der Waals surface area contributed by atoms with E-state index in [9.17, 15) is 4.79 Å². The van der Waals surface area contributed by atoms with Crippen LogP contribution in [0.3, 0.4) is 0 Å². The molecule has 2 aliphatic heterocycles. The van der Waals surface area contributed by atoms with Crippen LogP contribution >= 0.6 is 15.9 Å². The fourth-order valence-electron chi connectivity index (χ4n) is 7.61. The van der Waals surface area contributed by atoms with Gasteiger partial charge in [-0.15, -0.1) is 0 Å². The van der Waals surface area contributed by atoms with Crippen molar-refractivity contribution < 1.29 is 28.5 Å². The highest BCUT2D eigenvalue weighted by molar-refractivity contribution is 9.10. The highest BCUT2D eigenvalue weighted by Gasteiger charge is 2.21. The number of anilines is 2. The highest BCUT2D eigenvalue weighted by Crippen LogP contribution is 2.33. The van der Waals surface area contributed by atoms with Gasteiger partial charge >= 0.3 is 5.97 Å². The summed E-state index contributed by atoms with van der Waals surface area (Å²) in [6, 6.07) is 22.8. The summed E-state index contributed by atoms with van der Waals surface area (Å²) < 4.78 is 33.1. The van der Waals surface area contributed by atoms with E-state index in [1.54, 1.807) is 0 Å². The first kappa shape index (κ1) is 48.4. The number of fused-ring (bicyclic) bond motifs is 2. The first-order valence-corrected chi connectivity index (χ1v) is 31.0. The predicted molar refractivity (Wildman–Crippen MR) is 268 cm³/mol. The van der Waals surface area contributed by atoms with E-state index in [2.05, 4.69) is 105 Å². The molecular weight excluding hydrogens is 921 g/mol. The number of pyridine rings is 2. The Morgan fingerprint density at radius 1 is 0.662 bits per heavy atom. The molecule has 348 valence electrons. The number of morpholine rings is 2. The fraction of sp³-hybridized carbons (Fsp3) is 0.479. The molecule has 6 heterocycles. The lowest BCUT2D eigenvalue weighted by molar-refractivity contribution is -0.142. The van der Waals surface area contributed by atoms with E-state index in [-0.39, 0.29) is 12.4 Å². The highest BCUT2D eigenvalue weighted by atomic mass is 79.9. The van der Waals surface area contributed by atoms with Gasteiger partial charge in [0.15, 0.2) is 0 Å². The third-order valence-corrected chi connectivity index (χ3v) is 15.2. The van der Waals surface area contributed by atoms with Gasteiger partial charge in [0.05, 0.1) is 50.5 Å². The van der Waals surface area contributed by atoms with Crippen LogP contribution in [0.2, 0.25) is 51.4 Å². The molecule has 0 saturated carbocycles. The summed E-state index contributed by atoms with van der Waals surface area (Å²) in [5, 5.41) is 12.0. The number of hydrogen-bond acceptors (Lipinski definition) is 12. The van der Waals surface area contributed by atoms with Crippen LogP contribution in [0.25, 0.3) is 44.3 Å². The van der Waals surface area contributed by atoms with Gasteiger partial charge in [0.1, 0.15) is 36.5 Å². The third-order valence-electron chi connectivity index (χ3n) is 11.3. The Balaban J connectivity index is 0.000000196. The molecule has 65 heavy (non-hydrogen) atoms. The number of halogens is 1. The number of carbonyl (C=O) groups is 1. The van der Waals surface area contributed by atoms with Crippen molar-refractivity contribution in [3.8, 4) is 22.5 Å². The SMILES string of the molecule is CCOC(=O)Cc1ccc2c(c1)c(-c1ccnc(N3CCOCC3)c1)nn2COCC[Si](C)(C)C.C[Si](C)(C)CCOCn1nc(-c2ccnc(N3CCOCC3)c2)c2cc(Br)ccc21. The van der Waals surface area contributed by atoms with Crippen LogP contribution in [0.4, 0.5) is 11.6 Å². The number of esters is 1. The van der Waals surface area contributed by atoms with Crippen LogP contribution < -0.4 is 9.80 Å². The Hall–Kier alpha value is -4.50. The van der Waals surface area contributed by atoms with E-state index in [1.807, 2.05) is 59.0 Å². The van der Waals surface area contributed by atoms with Gasteiger partial charge in [-0.25, -0.2) is 19.3 Å². The zero-order valence-electron chi connectivity index (χ0n) is 39.1. The van der Waals surface area contributed by atoms with E-state index in [1.165, 1.54) is 0 Å². The Morgan fingerprint density at radius 3 is 1.62 bits per heavy atom. The summed E-state index contributed by atoms with van der Waals surface area (Å²) >= 11 is 3.61. The Labute approximate surface area is 393 Å². The number of carbonyl (C=O) groups excluding carboxylic acids is 1. The molecule has 2 aromatic carbocycles. The summed E-state index contributed by atoms with van der Waals surface area (Å²) in [5.41, 5.74) is 6.82. The van der Waals surface area contributed by atoms with Crippen LogP contribution in [-0.4, -0.2) is 124 Å². The summed E-state index contributed by atoms with van der Waals surface area (Å²) in [6.07, 6.45) is 3.93. The molecular formula is C48H65BrN8O6Si2. The average molecular weight is 986 g/mol. The molecule has 0 bridgehead atoms. The van der Waals surface area contributed by atoms with Crippen LogP contribution in [-0.2, 0) is 48.4 Å². The van der Waals surface area contributed by atoms with Crippen molar-refractivity contribution in [2.75, 3.05) is 82.2 Å². The number of benzene rings is 2. The summed E-state index contributed by atoms with van der Waals surface area (Å²) in [5.74, 6) is 1.66. The van der Waals surface area contributed by atoms with E-state index in [0.29, 0.717) is 33.3 Å². The van der Waals surface area contributed by atoms with Gasteiger partial charge < -0.3 is 33.5 Å². The molecule has 6 aromatic rings. The van der Waals surface area contributed by atoms with Gasteiger partial charge in [-0.3, -0.25) is 4.79 Å². The molecule has 8 rings (SSSR count). The van der Waals surface area contributed by atoms with E-state index in [0.717, 1.165) is 131 Å². The minimum Gasteiger partial charge on any atom is -0.466 e. The average Bonchev–Trinajstić information content (AvgIpc) is 3.84. The van der Waals surface area contributed by atoms with Crippen LogP contribution in [0.5, 0.6) is 0 Å². The number of aromatic nitrogens is 6. The lowest BCUT2D eigenvalue weighted by Gasteiger charge is -2.27. The van der Waals surface area contributed by atoms with Crippen LogP contribution in [0.15, 0.2) is 77.5 Å². The molecule has 0 N–H and O–H groups in total. The van der Waals surface area contributed by atoms with Crippen molar-refractivity contribution in [2.45, 2.75) is 78.2 Å². The topological polar surface area (TPSA) is 131 Å². The lowest BCUT2D eigenvalue weighted by atomic mass is 10.0. The van der Waals surface area contributed by atoms with Crippen molar-refractivity contribution in [3.63, 3.8) is 0 Å². The zero-order chi connectivity index (χ0) is 46.0. The predicted octanol–water partition coefficient (Wildman–Crippen LogP) is 9.36. The molecule has 17 heteroatoms. The van der Waals surface area contributed by atoms with Gasteiger partial charge in [-0.1, -0.05) is 61.3 Å². The third kappa shape index (κ3) is 13.5. The molecule has 0 spiro atoms. The number of rotatable bonds is 17. The number of nitrogens with zero attached hydrogens (tertiary/aromatic N) is 8. The number of hydrogen-bond donors (Lipinski definition) is 0. The normalized spacial score (nSPS) is 14.8. The zero-order valence-corrected chi connectivity index (χ0v) is 42.7. The van der Waals surface area contributed by atoms with Crippen molar-refractivity contribution in [1.29, 1.82) is 0 Å². The first-order valence-electron chi connectivity index (χ1n) is 22.8. The molecule has 2 aliphatic rings. The van der Waals surface area contributed by atoms with Gasteiger partial charge in [0.25, 0.3) is 0 Å². The van der Waals surface area contributed by atoms with E-state index >= 15 is 0 Å². The molecule has 0 radical (unpaired) electrons.